The van der Waals surface area contributed by atoms with E-state index >= 15 is 0 Å². The van der Waals surface area contributed by atoms with E-state index in [1.807, 2.05) is 6.92 Å². The lowest BCUT2D eigenvalue weighted by molar-refractivity contribution is 0.0927. The maximum Gasteiger partial charge on any atom is 0.0694 e. The van der Waals surface area contributed by atoms with E-state index in [9.17, 15) is 0 Å². The zero-order valence-electron chi connectivity index (χ0n) is 6.55. The molecule has 0 saturated heterocycles. The fraction of sp³-hybridized carbons (Fsp3) is 1.00. The quantitative estimate of drug-likeness (QED) is 0.621. The summed E-state index contributed by atoms with van der Waals surface area (Å²) in [7, 11) is 1.69. The molecule has 0 aromatic carbocycles. The zero-order valence-corrected chi connectivity index (χ0v) is 6.55. The Labute approximate surface area is 57.4 Å². The number of rotatable bonds is 4. The summed E-state index contributed by atoms with van der Waals surface area (Å²) >= 11 is 0. The van der Waals surface area contributed by atoms with Gasteiger partial charge in [0.15, 0.2) is 0 Å². The van der Waals surface area contributed by atoms with Gasteiger partial charge in [0.05, 0.1) is 6.10 Å². The van der Waals surface area contributed by atoms with Gasteiger partial charge in [-0.15, -0.1) is 0 Å². The van der Waals surface area contributed by atoms with Crippen LogP contribution in [0.4, 0.5) is 0 Å². The Kier molecular flexibility index (Phi) is 4.72. The molecule has 0 aliphatic heterocycles. The summed E-state index contributed by atoms with van der Waals surface area (Å²) in [5.41, 5.74) is 5.71. The summed E-state index contributed by atoms with van der Waals surface area (Å²) in [4.78, 5) is 0. The fourth-order valence-corrected chi connectivity index (χ4v) is 0.743. The smallest absolute Gasteiger partial charge is 0.0694 e. The summed E-state index contributed by atoms with van der Waals surface area (Å²) in [6.45, 7) is 4.13. The molecule has 0 aromatic rings. The van der Waals surface area contributed by atoms with Crippen LogP contribution in [0.5, 0.6) is 0 Å². The molecule has 9 heavy (non-hydrogen) atoms. The van der Waals surface area contributed by atoms with Gasteiger partial charge in [-0.3, -0.25) is 0 Å². The Bertz CT molecular complexity index is 65.9. The molecule has 0 saturated carbocycles. The highest BCUT2D eigenvalue weighted by Crippen LogP contribution is 2.00. The molecule has 2 N–H and O–H groups in total. The molecule has 56 valence electrons. The Morgan fingerprint density at radius 3 is 2.44 bits per heavy atom. The number of nitrogens with two attached hydrogens (primary N) is 1. The van der Waals surface area contributed by atoms with Gasteiger partial charge in [0, 0.05) is 13.2 Å². The van der Waals surface area contributed by atoms with Gasteiger partial charge in [-0.2, -0.15) is 0 Å². The predicted octanol–water partition coefficient (Wildman–Crippen LogP) is 1.15. The first-order valence-electron chi connectivity index (χ1n) is 3.50. The summed E-state index contributed by atoms with van der Waals surface area (Å²) in [5, 5.41) is 0. The van der Waals surface area contributed by atoms with Crippen molar-refractivity contribution in [2.45, 2.75) is 38.8 Å². The van der Waals surface area contributed by atoms with Gasteiger partial charge in [-0.1, -0.05) is 13.3 Å². The average molecular weight is 131 g/mol. The molecule has 0 bridgehead atoms. The highest BCUT2D eigenvalue weighted by Gasteiger charge is 2.08. The van der Waals surface area contributed by atoms with Gasteiger partial charge < -0.3 is 10.5 Å². The Morgan fingerprint density at radius 1 is 1.56 bits per heavy atom. The van der Waals surface area contributed by atoms with Crippen molar-refractivity contribution in [2.24, 2.45) is 5.73 Å². The number of hydrogen-bond donors (Lipinski definition) is 1. The van der Waals surface area contributed by atoms with Crippen molar-refractivity contribution in [1.29, 1.82) is 0 Å². The largest absolute Gasteiger partial charge is 0.380 e. The van der Waals surface area contributed by atoms with Crippen LogP contribution in [0.2, 0.25) is 0 Å². The van der Waals surface area contributed by atoms with E-state index in [1.165, 1.54) is 0 Å². The second-order valence-corrected chi connectivity index (χ2v) is 2.39. The molecule has 0 fully saturated rings. The van der Waals surface area contributed by atoms with Gasteiger partial charge in [0.1, 0.15) is 0 Å². The van der Waals surface area contributed by atoms with E-state index in [1.54, 1.807) is 7.11 Å². The van der Waals surface area contributed by atoms with Gasteiger partial charge in [-0.25, -0.2) is 0 Å². The van der Waals surface area contributed by atoms with E-state index in [4.69, 9.17) is 10.5 Å². The van der Waals surface area contributed by atoms with Crippen LogP contribution in [0, 0.1) is 0 Å². The molecule has 0 aliphatic rings. The Morgan fingerprint density at radius 2 is 2.11 bits per heavy atom. The molecule has 2 heteroatoms. The van der Waals surface area contributed by atoms with Crippen molar-refractivity contribution < 1.29 is 4.74 Å². The van der Waals surface area contributed by atoms with E-state index in [0.717, 1.165) is 12.8 Å². The topological polar surface area (TPSA) is 35.2 Å². The van der Waals surface area contributed by atoms with Crippen molar-refractivity contribution in [1.82, 2.24) is 0 Å². The minimum Gasteiger partial charge on any atom is -0.380 e. The van der Waals surface area contributed by atoms with Crippen LogP contribution in [0.3, 0.4) is 0 Å². The minimum atomic E-state index is 0.199. The van der Waals surface area contributed by atoms with Crippen LogP contribution in [0.1, 0.15) is 26.7 Å². The lowest BCUT2D eigenvalue weighted by Crippen LogP contribution is -2.33. The van der Waals surface area contributed by atoms with E-state index in [-0.39, 0.29) is 12.1 Å². The molecule has 2 nitrogen and oxygen atoms in total. The summed E-state index contributed by atoms with van der Waals surface area (Å²) < 4.78 is 5.04. The van der Waals surface area contributed by atoms with Crippen LogP contribution in [0.25, 0.3) is 0 Å². The van der Waals surface area contributed by atoms with E-state index in [2.05, 4.69) is 6.92 Å². The molecule has 0 radical (unpaired) electrons. The molecule has 0 spiro atoms. The molecule has 2 atom stereocenters. The third-order valence-electron chi connectivity index (χ3n) is 1.60. The van der Waals surface area contributed by atoms with Gasteiger partial charge >= 0.3 is 0 Å². The monoisotopic (exact) mass is 131 g/mol. The average Bonchev–Trinajstić information content (AvgIpc) is 1.87. The first-order valence-corrected chi connectivity index (χ1v) is 3.50. The first-order chi connectivity index (χ1) is 4.22. The summed E-state index contributed by atoms with van der Waals surface area (Å²) in [6, 6.07) is 0.208. The fourth-order valence-electron chi connectivity index (χ4n) is 0.743. The molecule has 0 amide bonds. The van der Waals surface area contributed by atoms with Crippen LogP contribution in [-0.2, 0) is 4.74 Å². The third kappa shape index (κ3) is 3.49. The lowest BCUT2D eigenvalue weighted by atomic mass is 10.1. The van der Waals surface area contributed by atoms with Crippen molar-refractivity contribution in [3.05, 3.63) is 0 Å². The van der Waals surface area contributed by atoms with Gasteiger partial charge in [-0.05, 0) is 13.3 Å². The second-order valence-electron chi connectivity index (χ2n) is 2.39. The van der Waals surface area contributed by atoms with Crippen molar-refractivity contribution in [2.75, 3.05) is 7.11 Å². The van der Waals surface area contributed by atoms with Crippen molar-refractivity contribution in [3.8, 4) is 0 Å². The van der Waals surface area contributed by atoms with Crippen LogP contribution >= 0.6 is 0 Å². The standard InChI is InChI=1S/C7H17NO/c1-4-5-7(8)6(2)9-3/h6-7H,4-5,8H2,1-3H3/t6?,7-/m1/s1. The maximum atomic E-state index is 5.71. The molecule has 0 aliphatic carbocycles. The highest BCUT2D eigenvalue weighted by molar-refractivity contribution is 4.67. The summed E-state index contributed by atoms with van der Waals surface area (Å²) in [6.07, 6.45) is 2.38. The van der Waals surface area contributed by atoms with Gasteiger partial charge in [0.25, 0.3) is 0 Å². The molecular formula is C7H17NO. The molecule has 1 unspecified atom stereocenters. The van der Waals surface area contributed by atoms with Gasteiger partial charge in [0.2, 0.25) is 0 Å². The summed E-state index contributed by atoms with van der Waals surface area (Å²) in [5.74, 6) is 0. The van der Waals surface area contributed by atoms with Crippen LogP contribution < -0.4 is 5.73 Å². The number of hydrogen-bond acceptors (Lipinski definition) is 2. The van der Waals surface area contributed by atoms with E-state index in [0.29, 0.717) is 0 Å². The van der Waals surface area contributed by atoms with Crippen molar-refractivity contribution in [3.63, 3.8) is 0 Å². The zero-order chi connectivity index (χ0) is 7.28. The molecule has 0 rings (SSSR count). The van der Waals surface area contributed by atoms with Crippen LogP contribution in [-0.4, -0.2) is 19.3 Å². The first kappa shape index (κ1) is 8.92. The SMILES string of the molecule is CCC[C@@H](N)C(C)OC. The normalized spacial score (nSPS) is 17.3. The highest BCUT2D eigenvalue weighted by atomic mass is 16.5. The van der Waals surface area contributed by atoms with E-state index < -0.39 is 0 Å². The lowest BCUT2D eigenvalue weighted by Gasteiger charge is -2.16. The Hall–Kier alpha value is -0.0800. The molecule has 0 heterocycles. The minimum absolute atomic E-state index is 0.199. The Balaban J connectivity index is 3.32. The maximum absolute atomic E-state index is 5.71. The van der Waals surface area contributed by atoms with Crippen molar-refractivity contribution >= 4 is 0 Å². The predicted molar refractivity (Wildman–Crippen MR) is 39.4 cm³/mol. The number of ether oxygens (including phenoxy) is 1. The third-order valence-corrected chi connectivity index (χ3v) is 1.60. The van der Waals surface area contributed by atoms with Crippen LogP contribution in [0.15, 0.2) is 0 Å². The molecule has 0 aromatic heterocycles. The second kappa shape index (κ2) is 4.77. The number of methoxy groups -OCH3 is 1. The molecular weight excluding hydrogens is 114 g/mol.